The van der Waals surface area contributed by atoms with Crippen LogP contribution in [0.2, 0.25) is 0 Å². The van der Waals surface area contributed by atoms with Crippen molar-refractivity contribution in [2.75, 3.05) is 19.8 Å². The van der Waals surface area contributed by atoms with Gasteiger partial charge in [-0.2, -0.15) is 0 Å². The highest BCUT2D eigenvalue weighted by molar-refractivity contribution is 5.79. The first kappa shape index (κ1) is 19.3. The Morgan fingerprint density at radius 2 is 1.67 bits per heavy atom. The lowest BCUT2D eigenvalue weighted by molar-refractivity contribution is -0.131. The summed E-state index contributed by atoms with van der Waals surface area (Å²) in [5.74, 6) is 0.0416. The molecule has 5 nitrogen and oxygen atoms in total. The molecule has 2 atom stereocenters. The van der Waals surface area contributed by atoms with Crippen molar-refractivity contribution in [3.63, 3.8) is 0 Å². The summed E-state index contributed by atoms with van der Waals surface area (Å²) in [7, 11) is 0. The van der Waals surface area contributed by atoms with E-state index in [2.05, 4.69) is 30.8 Å². The Labute approximate surface area is 176 Å². The first-order valence-electron chi connectivity index (χ1n) is 10.6. The molecule has 0 aromatic heterocycles. The van der Waals surface area contributed by atoms with Gasteiger partial charge >= 0.3 is 6.09 Å². The van der Waals surface area contributed by atoms with Crippen molar-refractivity contribution < 1.29 is 19.4 Å². The van der Waals surface area contributed by atoms with E-state index in [1.54, 1.807) is 11.0 Å². The van der Waals surface area contributed by atoms with Crippen LogP contribution in [-0.4, -0.2) is 53.6 Å². The number of amides is 1. The van der Waals surface area contributed by atoms with Crippen LogP contribution in [0.4, 0.5) is 4.79 Å². The molecule has 5 heteroatoms. The van der Waals surface area contributed by atoms with Gasteiger partial charge in [0.05, 0.1) is 30.9 Å². The molecule has 1 aliphatic carbocycles. The van der Waals surface area contributed by atoms with Crippen molar-refractivity contribution >= 4 is 6.09 Å². The summed E-state index contributed by atoms with van der Waals surface area (Å²) >= 11 is 0. The molecule has 2 fully saturated rings. The van der Waals surface area contributed by atoms with Crippen LogP contribution in [0.25, 0.3) is 11.1 Å². The van der Waals surface area contributed by atoms with Crippen LogP contribution in [0, 0.1) is 0 Å². The van der Waals surface area contributed by atoms with Gasteiger partial charge in [-0.05, 0) is 41.5 Å². The van der Waals surface area contributed by atoms with E-state index >= 15 is 0 Å². The van der Waals surface area contributed by atoms with E-state index in [0.717, 1.165) is 0 Å². The molecule has 5 rings (SSSR count). The zero-order chi connectivity index (χ0) is 20.7. The van der Waals surface area contributed by atoms with Crippen LogP contribution in [0.5, 0.6) is 0 Å². The summed E-state index contributed by atoms with van der Waals surface area (Å²) < 4.78 is 11.5. The van der Waals surface area contributed by atoms with E-state index in [9.17, 15) is 9.90 Å². The molecule has 30 heavy (non-hydrogen) atoms. The number of ether oxygens (including phenoxy) is 2. The summed E-state index contributed by atoms with van der Waals surface area (Å²) in [5, 5.41) is 10.9. The number of benzene rings is 2. The molecule has 3 aliphatic rings. The smallest absolute Gasteiger partial charge is 0.410 e. The van der Waals surface area contributed by atoms with Gasteiger partial charge < -0.3 is 14.6 Å². The number of morpholine rings is 1. The SMILES string of the molecule is C=CCC1(O)CC2COCC(C1)N2C(=O)OCC1c2ccccc2-c2ccccc21. The van der Waals surface area contributed by atoms with Gasteiger partial charge in [-0.15, -0.1) is 6.58 Å². The maximum Gasteiger partial charge on any atom is 0.410 e. The van der Waals surface area contributed by atoms with Gasteiger partial charge in [-0.3, -0.25) is 4.90 Å². The lowest BCUT2D eigenvalue weighted by Crippen LogP contribution is -2.63. The second-order valence-electron chi connectivity index (χ2n) is 8.68. The third-order valence-electron chi connectivity index (χ3n) is 6.71. The number of carbonyl (C=O) groups excluding carboxylic acids is 1. The van der Waals surface area contributed by atoms with E-state index in [4.69, 9.17) is 9.47 Å². The zero-order valence-corrected chi connectivity index (χ0v) is 17.0. The Kier molecular flexibility index (Phi) is 4.88. The van der Waals surface area contributed by atoms with Crippen LogP contribution in [0.1, 0.15) is 36.3 Å². The maximum atomic E-state index is 13.1. The molecule has 2 aromatic carbocycles. The predicted octanol–water partition coefficient (Wildman–Crippen LogP) is 4.11. The molecule has 2 bridgehead atoms. The highest BCUT2D eigenvalue weighted by atomic mass is 16.6. The number of nitrogens with zero attached hydrogens (tertiary/aromatic N) is 1. The number of carbonyl (C=O) groups is 1. The number of aliphatic hydroxyl groups is 1. The molecule has 0 saturated carbocycles. The van der Waals surface area contributed by atoms with Crippen LogP contribution < -0.4 is 0 Å². The quantitative estimate of drug-likeness (QED) is 0.778. The highest BCUT2D eigenvalue weighted by Gasteiger charge is 2.48. The Morgan fingerprint density at radius 1 is 1.10 bits per heavy atom. The largest absolute Gasteiger partial charge is 0.448 e. The van der Waals surface area contributed by atoms with Gasteiger partial charge in [0, 0.05) is 5.92 Å². The average molecular weight is 405 g/mol. The number of hydrogen-bond donors (Lipinski definition) is 1. The molecule has 156 valence electrons. The second kappa shape index (κ2) is 7.56. The number of hydrogen-bond acceptors (Lipinski definition) is 4. The minimum atomic E-state index is -0.818. The molecule has 2 saturated heterocycles. The van der Waals surface area contributed by atoms with E-state index in [0.29, 0.717) is 39.1 Å². The number of rotatable bonds is 4. The van der Waals surface area contributed by atoms with Gasteiger partial charge in [-0.1, -0.05) is 54.6 Å². The highest BCUT2D eigenvalue weighted by Crippen LogP contribution is 2.45. The molecule has 1 N–H and O–H groups in total. The van der Waals surface area contributed by atoms with E-state index < -0.39 is 5.60 Å². The summed E-state index contributed by atoms with van der Waals surface area (Å²) in [6, 6.07) is 16.3. The van der Waals surface area contributed by atoms with E-state index in [-0.39, 0.29) is 24.1 Å². The van der Waals surface area contributed by atoms with Gasteiger partial charge in [0.25, 0.3) is 0 Å². The first-order valence-corrected chi connectivity index (χ1v) is 10.6. The van der Waals surface area contributed by atoms with Crippen molar-refractivity contribution in [3.8, 4) is 11.1 Å². The minimum absolute atomic E-state index is 0.0416. The second-order valence-corrected chi connectivity index (χ2v) is 8.68. The maximum absolute atomic E-state index is 13.1. The molecule has 0 spiro atoms. The summed E-state index contributed by atoms with van der Waals surface area (Å²) in [6.45, 7) is 4.93. The number of piperidine rings is 1. The van der Waals surface area contributed by atoms with Crippen molar-refractivity contribution in [1.82, 2.24) is 4.90 Å². The number of fused-ring (bicyclic) bond motifs is 5. The van der Waals surface area contributed by atoms with Crippen molar-refractivity contribution in [2.45, 2.75) is 42.9 Å². The lowest BCUT2D eigenvalue weighted by Gasteiger charge is -2.50. The molecule has 2 unspecified atom stereocenters. The fourth-order valence-electron chi connectivity index (χ4n) is 5.48. The zero-order valence-electron chi connectivity index (χ0n) is 17.0. The molecular weight excluding hydrogens is 378 g/mol. The van der Waals surface area contributed by atoms with Crippen LogP contribution >= 0.6 is 0 Å². The van der Waals surface area contributed by atoms with Crippen LogP contribution in [0.15, 0.2) is 61.2 Å². The topological polar surface area (TPSA) is 59.0 Å². The third kappa shape index (κ3) is 3.22. The van der Waals surface area contributed by atoms with Gasteiger partial charge in [0.1, 0.15) is 6.61 Å². The lowest BCUT2D eigenvalue weighted by atomic mass is 9.79. The molecule has 2 heterocycles. The van der Waals surface area contributed by atoms with E-state index in [1.165, 1.54) is 22.3 Å². The molecule has 1 amide bonds. The van der Waals surface area contributed by atoms with Crippen LogP contribution in [0.3, 0.4) is 0 Å². The van der Waals surface area contributed by atoms with Gasteiger partial charge in [-0.25, -0.2) is 4.79 Å². The first-order chi connectivity index (χ1) is 14.6. The average Bonchev–Trinajstić information content (AvgIpc) is 3.05. The standard InChI is InChI=1S/C25H27NO4/c1-2-11-25(28)12-17-14-29-15-18(13-25)26(17)24(27)30-16-23-21-9-5-3-7-19(21)20-8-4-6-10-22(20)23/h2-10,17-18,23,28H,1,11-16H2. The molecule has 2 aliphatic heterocycles. The predicted molar refractivity (Wildman–Crippen MR) is 114 cm³/mol. The summed E-state index contributed by atoms with van der Waals surface area (Å²) in [4.78, 5) is 14.9. The van der Waals surface area contributed by atoms with E-state index in [1.807, 2.05) is 24.3 Å². The van der Waals surface area contributed by atoms with Gasteiger partial charge in [0.2, 0.25) is 0 Å². The molecule has 2 aromatic rings. The third-order valence-corrected chi connectivity index (χ3v) is 6.71. The minimum Gasteiger partial charge on any atom is -0.448 e. The van der Waals surface area contributed by atoms with Crippen LogP contribution in [-0.2, 0) is 9.47 Å². The molecular formula is C25H27NO4. The summed E-state index contributed by atoms with van der Waals surface area (Å²) in [6.07, 6.45) is 2.94. The fourth-order valence-corrected chi connectivity index (χ4v) is 5.48. The Balaban J connectivity index is 1.33. The Bertz CT molecular complexity index is 912. The Hall–Kier alpha value is -2.63. The fraction of sp³-hybridized carbons (Fsp3) is 0.400. The Morgan fingerprint density at radius 3 is 2.23 bits per heavy atom. The van der Waals surface area contributed by atoms with Crippen molar-refractivity contribution in [2.24, 2.45) is 0 Å². The van der Waals surface area contributed by atoms with Gasteiger partial charge in [0.15, 0.2) is 0 Å². The van der Waals surface area contributed by atoms with Crippen molar-refractivity contribution in [3.05, 3.63) is 72.3 Å². The van der Waals surface area contributed by atoms with Crippen molar-refractivity contribution in [1.29, 1.82) is 0 Å². The monoisotopic (exact) mass is 405 g/mol. The normalized spacial score (nSPS) is 27.3. The summed E-state index contributed by atoms with van der Waals surface area (Å²) in [5.41, 5.74) is 4.02. The molecule has 0 radical (unpaired) electrons.